The van der Waals surface area contributed by atoms with Crippen LogP contribution in [-0.4, -0.2) is 15.6 Å². The molecule has 1 rings (SSSR count). The first-order valence-corrected chi connectivity index (χ1v) is 6.83. The molecule has 0 saturated carbocycles. The monoisotopic (exact) mass is 349 g/mol. The molecule has 0 aromatic heterocycles. The molecule has 1 amide bonds. The number of hydrogen-bond donors (Lipinski definition) is 2. The molecule has 0 saturated heterocycles. The second-order valence-corrected chi connectivity index (χ2v) is 4.93. The van der Waals surface area contributed by atoms with Crippen LogP contribution in [0.15, 0.2) is 12.1 Å². The Kier molecular flexibility index (Phi) is 5.87. The summed E-state index contributed by atoms with van der Waals surface area (Å²) in [5, 5.41) is 11.3. The van der Waals surface area contributed by atoms with Crippen molar-refractivity contribution in [2.75, 3.05) is 9.74 Å². The van der Waals surface area contributed by atoms with Crippen LogP contribution in [0.1, 0.15) is 23.1 Å². The maximum absolute atomic E-state index is 11.5. The van der Waals surface area contributed by atoms with Crippen molar-refractivity contribution in [2.24, 2.45) is 0 Å². The van der Waals surface area contributed by atoms with E-state index in [0.717, 1.165) is 26.8 Å². The summed E-state index contributed by atoms with van der Waals surface area (Å²) in [7, 11) is 0. The van der Waals surface area contributed by atoms with E-state index in [1.807, 2.05) is 26.0 Å². The summed E-state index contributed by atoms with van der Waals surface area (Å²) in [5.74, 6) is 0.0214. The number of carbonyl (C=O) groups is 1. The Bertz CT molecular complexity index is 407. The van der Waals surface area contributed by atoms with Crippen molar-refractivity contribution in [3.05, 3.63) is 28.8 Å². The number of aryl methyl sites for hydroxylation is 2. The Morgan fingerprint density at radius 3 is 2.71 bits per heavy atom. The summed E-state index contributed by atoms with van der Waals surface area (Å²) < 4.78 is 0.804. The Labute approximate surface area is 114 Å². The Morgan fingerprint density at radius 1 is 1.41 bits per heavy atom. The van der Waals surface area contributed by atoms with Gasteiger partial charge in [-0.15, -0.1) is 0 Å². The first-order chi connectivity index (χ1) is 8.08. The molecule has 0 aliphatic carbocycles. The van der Waals surface area contributed by atoms with E-state index in [1.165, 1.54) is 0 Å². The molecule has 17 heavy (non-hydrogen) atoms. The number of nitrogens with one attached hydrogen (secondary N) is 1. The first kappa shape index (κ1) is 14.4. The fourth-order valence-electron chi connectivity index (χ4n) is 1.53. The lowest BCUT2D eigenvalue weighted by atomic mass is 10.0. The summed E-state index contributed by atoms with van der Waals surface area (Å²) in [5.41, 5.74) is 3.68. The molecule has 0 bridgehead atoms. The van der Waals surface area contributed by atoms with E-state index >= 15 is 0 Å². The van der Waals surface area contributed by atoms with Crippen LogP contribution in [0, 0.1) is 13.8 Å². The van der Waals surface area contributed by atoms with Gasteiger partial charge >= 0.3 is 0 Å². The van der Waals surface area contributed by atoms with Gasteiger partial charge in [0.2, 0.25) is 5.91 Å². The van der Waals surface area contributed by atoms with Crippen molar-refractivity contribution in [3.8, 4) is 0 Å². The van der Waals surface area contributed by atoms with Gasteiger partial charge < -0.3 is 5.32 Å². The van der Waals surface area contributed by atoms with Gasteiger partial charge in [-0.2, -0.15) is 0 Å². The molecule has 5 heteroatoms. The highest BCUT2D eigenvalue weighted by Gasteiger charge is 2.07. The van der Waals surface area contributed by atoms with Gasteiger partial charge in [-0.05, 0) is 36.6 Å². The largest absolute Gasteiger partial charge is 0.326 e. The van der Waals surface area contributed by atoms with Crippen LogP contribution >= 0.6 is 22.6 Å². The van der Waals surface area contributed by atoms with Gasteiger partial charge in [-0.1, -0.05) is 28.7 Å². The smallest absolute Gasteiger partial charge is 0.225 e. The van der Waals surface area contributed by atoms with Crippen LogP contribution < -0.4 is 5.32 Å². The van der Waals surface area contributed by atoms with Crippen LogP contribution in [-0.2, 0) is 16.3 Å². The molecule has 4 nitrogen and oxygen atoms in total. The van der Waals surface area contributed by atoms with Crippen molar-refractivity contribution in [2.45, 2.75) is 26.9 Å². The second-order valence-electron chi connectivity index (χ2n) is 3.85. The highest BCUT2D eigenvalue weighted by atomic mass is 127. The molecule has 0 aliphatic rings. The van der Waals surface area contributed by atoms with Crippen molar-refractivity contribution in [1.82, 2.24) is 0 Å². The Hall–Kier alpha value is -0.660. The number of amides is 1. The van der Waals surface area contributed by atoms with Crippen LogP contribution in [0.3, 0.4) is 0 Å². The van der Waals surface area contributed by atoms with E-state index in [1.54, 1.807) is 0 Å². The molecule has 2 N–H and O–H groups in total. The van der Waals surface area contributed by atoms with Gasteiger partial charge in [-0.3, -0.25) is 10.1 Å². The molecule has 0 unspecified atom stereocenters. The molecule has 0 heterocycles. The summed E-state index contributed by atoms with van der Waals surface area (Å²) >= 11 is 2.17. The van der Waals surface area contributed by atoms with E-state index in [9.17, 15) is 4.79 Å². The minimum atomic E-state index is 0.0214. The molecular formula is C12H16INO3. The summed E-state index contributed by atoms with van der Waals surface area (Å²) in [4.78, 5) is 15.6. The molecule has 0 spiro atoms. The van der Waals surface area contributed by atoms with E-state index in [0.29, 0.717) is 6.42 Å². The van der Waals surface area contributed by atoms with Crippen molar-refractivity contribution < 1.29 is 14.9 Å². The zero-order valence-electron chi connectivity index (χ0n) is 9.92. The van der Waals surface area contributed by atoms with Gasteiger partial charge in [0.05, 0.1) is 0 Å². The average Bonchev–Trinajstić information content (AvgIpc) is 2.26. The number of benzene rings is 1. The Balaban J connectivity index is 2.87. The van der Waals surface area contributed by atoms with Gasteiger partial charge in [-0.25, -0.2) is 4.89 Å². The number of rotatable bonds is 5. The molecule has 1 aromatic rings. The molecule has 0 aliphatic heterocycles. The van der Waals surface area contributed by atoms with Gasteiger partial charge in [0.1, 0.15) is 6.61 Å². The summed E-state index contributed by atoms with van der Waals surface area (Å²) in [6.07, 6.45) is 0.514. The fourth-order valence-corrected chi connectivity index (χ4v) is 2.02. The number of carbonyl (C=O) groups excluding carboxylic acids is 1. The SMILES string of the molecule is Cc1cc(NC(=O)CCI)c(C)cc1COO. The topological polar surface area (TPSA) is 58.6 Å². The van der Waals surface area contributed by atoms with Crippen LogP contribution in [0.2, 0.25) is 0 Å². The Morgan fingerprint density at radius 2 is 2.12 bits per heavy atom. The summed E-state index contributed by atoms with van der Waals surface area (Å²) in [6, 6.07) is 3.81. The molecule has 1 aromatic carbocycles. The minimum absolute atomic E-state index is 0.0214. The molecule has 0 radical (unpaired) electrons. The summed E-state index contributed by atoms with van der Waals surface area (Å²) in [6.45, 7) is 4.00. The average molecular weight is 349 g/mol. The highest BCUT2D eigenvalue weighted by Crippen LogP contribution is 2.21. The van der Waals surface area contributed by atoms with E-state index < -0.39 is 0 Å². The predicted molar refractivity (Wildman–Crippen MR) is 75.5 cm³/mol. The lowest BCUT2D eigenvalue weighted by Gasteiger charge is -2.12. The second kappa shape index (κ2) is 6.93. The van der Waals surface area contributed by atoms with Gasteiger partial charge in [0.25, 0.3) is 0 Å². The highest BCUT2D eigenvalue weighted by molar-refractivity contribution is 14.1. The number of alkyl halides is 1. The number of halogens is 1. The lowest BCUT2D eigenvalue weighted by molar-refractivity contribution is -0.253. The third-order valence-corrected chi connectivity index (χ3v) is 3.04. The zero-order chi connectivity index (χ0) is 12.8. The standard InChI is InChI=1S/C12H16INO3/c1-8-6-11(14-12(15)3-4-13)9(2)5-10(8)7-17-16/h5-6,16H,3-4,7H2,1-2H3,(H,14,15). The fraction of sp³-hybridized carbons (Fsp3) is 0.417. The molecular weight excluding hydrogens is 333 g/mol. The lowest BCUT2D eigenvalue weighted by Crippen LogP contribution is -2.13. The minimum Gasteiger partial charge on any atom is -0.326 e. The molecule has 0 atom stereocenters. The third kappa shape index (κ3) is 4.25. The molecule has 94 valence electrons. The normalized spacial score (nSPS) is 10.4. The van der Waals surface area contributed by atoms with Gasteiger partial charge in [0.15, 0.2) is 0 Å². The van der Waals surface area contributed by atoms with E-state index in [-0.39, 0.29) is 12.5 Å². The third-order valence-electron chi connectivity index (χ3n) is 2.50. The number of anilines is 1. The van der Waals surface area contributed by atoms with Crippen molar-refractivity contribution in [3.63, 3.8) is 0 Å². The van der Waals surface area contributed by atoms with Crippen LogP contribution in [0.25, 0.3) is 0 Å². The zero-order valence-corrected chi connectivity index (χ0v) is 12.1. The maximum Gasteiger partial charge on any atom is 0.225 e. The van der Waals surface area contributed by atoms with E-state index in [2.05, 4.69) is 32.8 Å². The number of hydrogen-bond acceptors (Lipinski definition) is 3. The molecule has 0 fully saturated rings. The van der Waals surface area contributed by atoms with Gasteiger partial charge in [0, 0.05) is 16.5 Å². The van der Waals surface area contributed by atoms with Crippen LogP contribution in [0.5, 0.6) is 0 Å². The van der Waals surface area contributed by atoms with Crippen molar-refractivity contribution in [1.29, 1.82) is 0 Å². The first-order valence-electron chi connectivity index (χ1n) is 5.30. The predicted octanol–water partition coefficient (Wildman–Crippen LogP) is 3.06. The van der Waals surface area contributed by atoms with Crippen molar-refractivity contribution >= 4 is 34.2 Å². The maximum atomic E-state index is 11.5. The van der Waals surface area contributed by atoms with E-state index in [4.69, 9.17) is 5.26 Å². The van der Waals surface area contributed by atoms with Crippen LogP contribution in [0.4, 0.5) is 5.69 Å². The quantitative estimate of drug-likeness (QED) is 0.372.